The highest BCUT2D eigenvalue weighted by molar-refractivity contribution is 4.59. The molecule has 22 heavy (non-hydrogen) atoms. The predicted octanol–water partition coefficient (Wildman–Crippen LogP) is 6.11. The zero-order valence-corrected chi connectivity index (χ0v) is 15.5. The maximum Gasteiger partial charge on any atom is 0.0466 e. The van der Waals surface area contributed by atoms with E-state index < -0.39 is 0 Å². The van der Waals surface area contributed by atoms with Crippen LogP contribution in [0.2, 0.25) is 0 Å². The Hall–Kier alpha value is -0.0800. The van der Waals surface area contributed by atoms with Gasteiger partial charge in [0.05, 0.1) is 0 Å². The highest BCUT2D eigenvalue weighted by atomic mass is 16.5. The molecule has 0 aromatic rings. The van der Waals surface area contributed by atoms with Gasteiger partial charge in [0, 0.05) is 19.8 Å². The van der Waals surface area contributed by atoms with Crippen LogP contribution in [0.3, 0.4) is 0 Å². The number of rotatable bonds is 13. The lowest BCUT2D eigenvalue weighted by Gasteiger charge is -2.13. The zero-order chi connectivity index (χ0) is 16.3. The Morgan fingerprint density at radius 3 is 1.59 bits per heavy atom. The summed E-state index contributed by atoms with van der Waals surface area (Å²) in [5, 5.41) is 9.32. The minimum atomic E-state index is 0.404. The molecule has 0 aromatic carbocycles. The van der Waals surface area contributed by atoms with E-state index in [2.05, 4.69) is 13.8 Å². The van der Waals surface area contributed by atoms with Crippen molar-refractivity contribution in [1.82, 2.24) is 0 Å². The molecule has 0 radical (unpaired) electrons. The van der Waals surface area contributed by atoms with Gasteiger partial charge in [-0.05, 0) is 31.6 Å². The Labute approximate surface area is 140 Å². The first-order chi connectivity index (χ1) is 10.8. The largest absolute Gasteiger partial charge is 0.396 e. The molecule has 1 saturated heterocycles. The van der Waals surface area contributed by atoms with E-state index in [-0.39, 0.29) is 0 Å². The molecule has 1 heterocycles. The van der Waals surface area contributed by atoms with Gasteiger partial charge in [0.1, 0.15) is 0 Å². The van der Waals surface area contributed by atoms with Crippen molar-refractivity contribution in [1.29, 1.82) is 0 Å². The molecule has 1 atom stereocenters. The van der Waals surface area contributed by atoms with Gasteiger partial charge in [-0.2, -0.15) is 0 Å². The Morgan fingerprint density at radius 1 is 0.727 bits per heavy atom. The van der Waals surface area contributed by atoms with Gasteiger partial charge in [0.15, 0.2) is 0 Å². The molecule has 1 fully saturated rings. The van der Waals surface area contributed by atoms with Gasteiger partial charge in [-0.1, -0.05) is 78.1 Å². The van der Waals surface area contributed by atoms with E-state index in [0.717, 1.165) is 13.2 Å². The van der Waals surface area contributed by atoms with Crippen molar-refractivity contribution >= 4 is 0 Å². The van der Waals surface area contributed by atoms with E-state index in [4.69, 9.17) is 4.74 Å². The number of hydrogen-bond donors (Lipinski definition) is 1. The lowest BCUT2D eigenvalue weighted by molar-refractivity contribution is 0.198. The maximum atomic E-state index is 9.32. The van der Waals surface area contributed by atoms with Crippen molar-refractivity contribution in [2.45, 2.75) is 104 Å². The van der Waals surface area contributed by atoms with Crippen LogP contribution in [0.15, 0.2) is 0 Å². The summed E-state index contributed by atoms with van der Waals surface area (Å²) in [6.07, 6.45) is 18.6. The molecule has 2 nitrogen and oxygen atoms in total. The highest BCUT2D eigenvalue weighted by Crippen LogP contribution is 2.18. The Balaban J connectivity index is 0.000000734. The van der Waals surface area contributed by atoms with Crippen molar-refractivity contribution in [3.05, 3.63) is 0 Å². The quantitative estimate of drug-likeness (QED) is 0.415. The Bertz CT molecular complexity index is 183. The van der Waals surface area contributed by atoms with Crippen molar-refractivity contribution in [3.63, 3.8) is 0 Å². The van der Waals surface area contributed by atoms with Crippen LogP contribution < -0.4 is 0 Å². The molecule has 1 rings (SSSR count). The first-order valence-electron chi connectivity index (χ1n) is 10.0. The fourth-order valence-electron chi connectivity index (χ4n) is 2.91. The molecular weight excluding hydrogens is 272 g/mol. The Morgan fingerprint density at radius 2 is 1.18 bits per heavy atom. The summed E-state index contributed by atoms with van der Waals surface area (Å²) in [6.45, 7) is 6.92. The van der Waals surface area contributed by atoms with Gasteiger partial charge in [-0.3, -0.25) is 0 Å². The first kappa shape index (κ1) is 21.9. The van der Waals surface area contributed by atoms with Gasteiger partial charge in [0.25, 0.3) is 0 Å². The van der Waals surface area contributed by atoms with Crippen molar-refractivity contribution in [2.75, 3.05) is 19.8 Å². The van der Waals surface area contributed by atoms with E-state index >= 15 is 0 Å². The molecule has 1 N–H and O–H groups in total. The first-order valence-corrected chi connectivity index (χ1v) is 10.0. The van der Waals surface area contributed by atoms with Gasteiger partial charge in [-0.15, -0.1) is 0 Å². The molecule has 0 bridgehead atoms. The lowest BCUT2D eigenvalue weighted by Crippen LogP contribution is -2.06. The van der Waals surface area contributed by atoms with Gasteiger partial charge >= 0.3 is 0 Å². The number of aliphatic hydroxyl groups is 1. The van der Waals surface area contributed by atoms with E-state index in [1.807, 2.05) is 0 Å². The average Bonchev–Trinajstić information content (AvgIpc) is 3.12. The second-order valence-corrected chi connectivity index (χ2v) is 6.77. The molecule has 2 heteroatoms. The van der Waals surface area contributed by atoms with Crippen LogP contribution in [0.1, 0.15) is 104 Å². The standard InChI is InChI=1S/C16H34O.C4H8O/c1-3-5-7-9-10-12-14-16(15-17)13-11-8-6-4-2;1-2-4-5-3-1/h16-17H,3-15H2,1-2H3;1-4H2. The van der Waals surface area contributed by atoms with Crippen LogP contribution in [0, 0.1) is 5.92 Å². The number of aliphatic hydroxyl groups excluding tert-OH is 1. The summed E-state index contributed by atoms with van der Waals surface area (Å²) < 4.78 is 4.94. The molecule has 134 valence electrons. The molecule has 0 amide bonds. The average molecular weight is 315 g/mol. The van der Waals surface area contributed by atoms with Crippen molar-refractivity contribution in [2.24, 2.45) is 5.92 Å². The van der Waals surface area contributed by atoms with E-state index in [1.54, 1.807) is 0 Å². The summed E-state index contributed by atoms with van der Waals surface area (Å²) in [7, 11) is 0. The normalized spacial score (nSPS) is 15.4. The molecule has 0 aromatic heterocycles. The minimum absolute atomic E-state index is 0.404. The molecule has 0 saturated carbocycles. The molecule has 0 spiro atoms. The van der Waals surface area contributed by atoms with Crippen LogP contribution >= 0.6 is 0 Å². The van der Waals surface area contributed by atoms with Crippen LogP contribution in [0.5, 0.6) is 0 Å². The van der Waals surface area contributed by atoms with Crippen molar-refractivity contribution in [3.8, 4) is 0 Å². The SMILES string of the molecule is C1CCOC1.CCCCCCCCC(CO)CCCCCC. The fourth-order valence-corrected chi connectivity index (χ4v) is 2.91. The maximum absolute atomic E-state index is 9.32. The molecule has 0 aliphatic carbocycles. The summed E-state index contributed by atoms with van der Waals surface area (Å²) >= 11 is 0. The summed E-state index contributed by atoms with van der Waals surface area (Å²) in [4.78, 5) is 0. The number of unbranched alkanes of at least 4 members (excludes halogenated alkanes) is 8. The van der Waals surface area contributed by atoms with Crippen LogP contribution in [-0.4, -0.2) is 24.9 Å². The van der Waals surface area contributed by atoms with Crippen LogP contribution in [0.4, 0.5) is 0 Å². The lowest BCUT2D eigenvalue weighted by atomic mass is 9.95. The summed E-state index contributed by atoms with van der Waals surface area (Å²) in [5.74, 6) is 0.582. The molecule has 1 aliphatic heterocycles. The minimum Gasteiger partial charge on any atom is -0.396 e. The highest BCUT2D eigenvalue weighted by Gasteiger charge is 2.06. The topological polar surface area (TPSA) is 29.5 Å². The fraction of sp³-hybridized carbons (Fsp3) is 1.00. The monoisotopic (exact) mass is 314 g/mol. The van der Waals surface area contributed by atoms with E-state index in [9.17, 15) is 5.11 Å². The summed E-state index contributed by atoms with van der Waals surface area (Å²) in [5.41, 5.74) is 0. The second-order valence-electron chi connectivity index (χ2n) is 6.77. The van der Waals surface area contributed by atoms with Gasteiger partial charge in [-0.25, -0.2) is 0 Å². The third-order valence-corrected chi connectivity index (χ3v) is 4.52. The van der Waals surface area contributed by atoms with E-state index in [1.165, 1.54) is 89.9 Å². The summed E-state index contributed by atoms with van der Waals surface area (Å²) in [6, 6.07) is 0. The van der Waals surface area contributed by atoms with Crippen LogP contribution in [-0.2, 0) is 4.74 Å². The number of hydrogen-bond acceptors (Lipinski definition) is 2. The molecule has 1 unspecified atom stereocenters. The van der Waals surface area contributed by atoms with Crippen LogP contribution in [0.25, 0.3) is 0 Å². The molecular formula is C20H42O2. The third-order valence-electron chi connectivity index (χ3n) is 4.52. The third kappa shape index (κ3) is 16.3. The smallest absolute Gasteiger partial charge is 0.0466 e. The zero-order valence-electron chi connectivity index (χ0n) is 15.5. The van der Waals surface area contributed by atoms with Gasteiger partial charge < -0.3 is 9.84 Å². The molecule has 1 aliphatic rings. The van der Waals surface area contributed by atoms with Gasteiger partial charge in [0.2, 0.25) is 0 Å². The predicted molar refractivity (Wildman–Crippen MR) is 97.4 cm³/mol. The second kappa shape index (κ2) is 19.0. The number of ether oxygens (including phenoxy) is 1. The van der Waals surface area contributed by atoms with E-state index in [0.29, 0.717) is 12.5 Å². The Kier molecular flexibility index (Phi) is 18.9. The van der Waals surface area contributed by atoms with Crippen molar-refractivity contribution < 1.29 is 9.84 Å².